The van der Waals surface area contributed by atoms with Crippen molar-refractivity contribution in [2.45, 2.75) is 52.2 Å². The van der Waals surface area contributed by atoms with E-state index in [1.54, 1.807) is 0 Å². The Morgan fingerprint density at radius 1 is 1.10 bits per heavy atom. The summed E-state index contributed by atoms with van der Waals surface area (Å²) in [6, 6.07) is 10.3. The lowest BCUT2D eigenvalue weighted by atomic mass is 9.95. The summed E-state index contributed by atoms with van der Waals surface area (Å²) in [4.78, 5) is 2.46. The topological polar surface area (TPSA) is 93.3 Å². The van der Waals surface area contributed by atoms with Crippen molar-refractivity contribution in [3.05, 3.63) is 71.1 Å². The number of aromatic amines is 1. The second-order valence-corrected chi connectivity index (χ2v) is 8.43. The quantitative estimate of drug-likeness (QED) is 0.536. The lowest BCUT2D eigenvalue weighted by molar-refractivity contribution is 0.123. The summed E-state index contributed by atoms with van der Waals surface area (Å²) < 4.78 is 3.89. The second kappa shape index (κ2) is 7.73. The fourth-order valence-electron chi connectivity index (χ4n) is 4.52. The van der Waals surface area contributed by atoms with Gasteiger partial charge in [-0.3, -0.25) is 10.00 Å². The third kappa shape index (κ3) is 3.34. The summed E-state index contributed by atoms with van der Waals surface area (Å²) in [5.41, 5.74) is 5.51. The molecule has 160 valence electrons. The molecule has 3 aromatic heterocycles. The van der Waals surface area contributed by atoms with Crippen molar-refractivity contribution in [1.29, 1.82) is 0 Å². The van der Waals surface area contributed by atoms with Gasteiger partial charge in [-0.25, -0.2) is 9.36 Å². The van der Waals surface area contributed by atoms with E-state index >= 15 is 0 Å². The van der Waals surface area contributed by atoms with Gasteiger partial charge in [-0.15, -0.1) is 5.10 Å². The molecule has 1 N–H and O–H groups in total. The lowest BCUT2D eigenvalue weighted by Gasteiger charge is -2.38. The van der Waals surface area contributed by atoms with E-state index in [9.17, 15) is 0 Å². The summed E-state index contributed by atoms with van der Waals surface area (Å²) in [5, 5.41) is 24.9. The van der Waals surface area contributed by atoms with E-state index in [2.05, 4.69) is 76.6 Å². The minimum Gasteiger partial charge on any atom is -0.283 e. The highest BCUT2D eigenvalue weighted by Gasteiger charge is 2.38. The summed E-state index contributed by atoms with van der Waals surface area (Å²) in [6.07, 6.45) is 4.06. The molecule has 5 rings (SSSR count). The lowest BCUT2D eigenvalue weighted by Crippen LogP contribution is -2.41. The SMILES string of the molecule is Cc1[nH]ncc1C(C)N1CCn2nnnc2C1c1cn(-c2ccccc2)nc1C(C)C. The molecule has 0 spiro atoms. The first-order chi connectivity index (χ1) is 15.0. The molecule has 2 unspecified atom stereocenters. The number of nitrogens with zero attached hydrogens (tertiary/aromatic N) is 8. The molecule has 1 aromatic carbocycles. The first-order valence-electron chi connectivity index (χ1n) is 10.7. The van der Waals surface area contributed by atoms with Crippen LogP contribution in [0.3, 0.4) is 0 Å². The molecule has 0 saturated heterocycles. The molecule has 0 radical (unpaired) electrons. The van der Waals surface area contributed by atoms with Crippen molar-refractivity contribution in [3.8, 4) is 5.69 Å². The minimum atomic E-state index is -0.0945. The highest BCUT2D eigenvalue weighted by Crippen LogP contribution is 2.39. The Kier molecular flexibility index (Phi) is 4.90. The molecule has 0 saturated carbocycles. The molecule has 0 amide bonds. The first-order valence-corrected chi connectivity index (χ1v) is 10.7. The number of fused-ring (bicyclic) bond motifs is 1. The predicted octanol–water partition coefficient (Wildman–Crippen LogP) is 3.18. The molecule has 0 bridgehead atoms. The Morgan fingerprint density at radius 3 is 2.61 bits per heavy atom. The van der Waals surface area contributed by atoms with Gasteiger partial charge in [0.15, 0.2) is 5.82 Å². The molecule has 2 atom stereocenters. The van der Waals surface area contributed by atoms with E-state index in [0.717, 1.165) is 41.6 Å². The second-order valence-electron chi connectivity index (χ2n) is 8.43. The molecule has 4 heterocycles. The van der Waals surface area contributed by atoms with Crippen LogP contribution in [0.1, 0.15) is 67.1 Å². The van der Waals surface area contributed by atoms with Gasteiger partial charge in [-0.05, 0) is 42.3 Å². The Balaban J connectivity index is 1.65. The van der Waals surface area contributed by atoms with Crippen LogP contribution in [0.2, 0.25) is 0 Å². The molecule has 0 fully saturated rings. The zero-order valence-corrected chi connectivity index (χ0v) is 18.3. The van der Waals surface area contributed by atoms with Crippen LogP contribution in [0.5, 0.6) is 0 Å². The number of para-hydroxylation sites is 1. The van der Waals surface area contributed by atoms with Crippen molar-refractivity contribution in [2.24, 2.45) is 0 Å². The molecule has 9 heteroatoms. The predicted molar refractivity (Wildman–Crippen MR) is 116 cm³/mol. The van der Waals surface area contributed by atoms with Crippen LogP contribution in [0.25, 0.3) is 5.69 Å². The van der Waals surface area contributed by atoms with Crippen LogP contribution in [0.4, 0.5) is 0 Å². The summed E-state index contributed by atoms with van der Waals surface area (Å²) in [5.74, 6) is 1.12. The number of H-pyrrole nitrogens is 1. The van der Waals surface area contributed by atoms with E-state index < -0.39 is 0 Å². The number of rotatable bonds is 5. The van der Waals surface area contributed by atoms with Gasteiger partial charge in [0, 0.05) is 35.6 Å². The molecule has 9 nitrogen and oxygen atoms in total. The van der Waals surface area contributed by atoms with Crippen LogP contribution in [0, 0.1) is 6.92 Å². The van der Waals surface area contributed by atoms with E-state index in [4.69, 9.17) is 5.10 Å². The maximum atomic E-state index is 4.98. The summed E-state index contributed by atoms with van der Waals surface area (Å²) in [6.45, 7) is 10.2. The zero-order chi connectivity index (χ0) is 21.5. The zero-order valence-electron chi connectivity index (χ0n) is 18.3. The highest BCUT2D eigenvalue weighted by atomic mass is 15.6. The molecule has 1 aliphatic rings. The number of aryl methyl sites for hydroxylation is 1. The average Bonchev–Trinajstić information content (AvgIpc) is 3.52. The summed E-state index contributed by atoms with van der Waals surface area (Å²) >= 11 is 0. The van der Waals surface area contributed by atoms with Gasteiger partial charge in [-0.2, -0.15) is 10.2 Å². The van der Waals surface area contributed by atoms with Gasteiger partial charge in [0.05, 0.1) is 24.1 Å². The van der Waals surface area contributed by atoms with Crippen LogP contribution in [0.15, 0.2) is 42.7 Å². The van der Waals surface area contributed by atoms with E-state index in [-0.39, 0.29) is 18.0 Å². The number of aromatic nitrogens is 8. The van der Waals surface area contributed by atoms with Gasteiger partial charge in [-0.1, -0.05) is 32.0 Å². The van der Waals surface area contributed by atoms with Crippen molar-refractivity contribution >= 4 is 0 Å². The van der Waals surface area contributed by atoms with Crippen LogP contribution >= 0.6 is 0 Å². The fraction of sp³-hybridized carbons (Fsp3) is 0.409. The monoisotopic (exact) mass is 417 g/mol. The summed E-state index contributed by atoms with van der Waals surface area (Å²) in [7, 11) is 0. The van der Waals surface area contributed by atoms with Gasteiger partial charge in [0.1, 0.15) is 6.04 Å². The number of nitrogens with one attached hydrogen (secondary N) is 1. The fourth-order valence-corrected chi connectivity index (χ4v) is 4.52. The van der Waals surface area contributed by atoms with Crippen molar-refractivity contribution in [3.63, 3.8) is 0 Å². The third-order valence-corrected chi connectivity index (χ3v) is 6.16. The molecule has 0 aliphatic carbocycles. The Morgan fingerprint density at radius 2 is 1.90 bits per heavy atom. The number of benzene rings is 1. The Labute approximate surface area is 181 Å². The average molecular weight is 418 g/mol. The highest BCUT2D eigenvalue weighted by molar-refractivity contribution is 5.37. The van der Waals surface area contributed by atoms with E-state index in [1.807, 2.05) is 33.8 Å². The van der Waals surface area contributed by atoms with Gasteiger partial charge < -0.3 is 0 Å². The van der Waals surface area contributed by atoms with Crippen molar-refractivity contribution < 1.29 is 0 Å². The van der Waals surface area contributed by atoms with Gasteiger partial charge >= 0.3 is 0 Å². The van der Waals surface area contributed by atoms with Crippen molar-refractivity contribution in [2.75, 3.05) is 6.54 Å². The Hall–Kier alpha value is -3.33. The smallest absolute Gasteiger partial charge is 0.173 e. The van der Waals surface area contributed by atoms with Crippen LogP contribution < -0.4 is 0 Å². The third-order valence-electron chi connectivity index (χ3n) is 6.16. The Bertz CT molecular complexity index is 1170. The standard InChI is InChI=1S/C22H27N9/c1-14(2)20-19(13-31(26-20)17-8-6-5-7-9-17)21-22-25-27-28-30(22)11-10-29(21)16(4)18-12-23-24-15(18)3/h5-9,12-14,16,21H,10-11H2,1-4H3,(H,23,24). The molecular formula is C22H27N9. The van der Waals surface area contributed by atoms with E-state index in [1.165, 1.54) is 5.56 Å². The van der Waals surface area contributed by atoms with Crippen LogP contribution in [-0.2, 0) is 6.54 Å². The maximum Gasteiger partial charge on any atom is 0.173 e. The van der Waals surface area contributed by atoms with Crippen molar-refractivity contribution in [1.82, 2.24) is 45.1 Å². The minimum absolute atomic E-state index is 0.0945. The van der Waals surface area contributed by atoms with Gasteiger partial charge in [0.2, 0.25) is 0 Å². The largest absolute Gasteiger partial charge is 0.283 e. The number of hydrogen-bond acceptors (Lipinski definition) is 6. The van der Waals surface area contributed by atoms with Gasteiger partial charge in [0.25, 0.3) is 0 Å². The first kappa shape index (κ1) is 19.6. The normalized spacial score (nSPS) is 17.8. The molecular weight excluding hydrogens is 390 g/mol. The molecule has 4 aromatic rings. The maximum absolute atomic E-state index is 4.98. The number of hydrogen-bond donors (Lipinski definition) is 1. The van der Waals surface area contributed by atoms with E-state index in [0.29, 0.717) is 0 Å². The molecule has 31 heavy (non-hydrogen) atoms. The number of tetrazole rings is 1. The molecule has 1 aliphatic heterocycles. The van der Waals surface area contributed by atoms with Crippen LogP contribution in [-0.4, -0.2) is 51.6 Å².